The van der Waals surface area contributed by atoms with Crippen LogP contribution in [-0.4, -0.2) is 48.4 Å². The lowest BCUT2D eigenvalue weighted by atomic mass is 9.83. The van der Waals surface area contributed by atoms with Gasteiger partial charge < -0.3 is 15.1 Å². The minimum absolute atomic E-state index is 0.0873. The van der Waals surface area contributed by atoms with E-state index >= 15 is 0 Å². The lowest BCUT2D eigenvalue weighted by Crippen LogP contribution is -2.50. The fraction of sp³-hybridized carbons (Fsp3) is 0.357. The zero-order valence-electron chi connectivity index (χ0n) is 19.3. The predicted molar refractivity (Wildman–Crippen MR) is 137 cm³/mol. The monoisotopic (exact) mass is 475 g/mol. The summed E-state index contributed by atoms with van der Waals surface area (Å²) in [5, 5.41) is 6.39. The number of anilines is 1. The van der Waals surface area contributed by atoms with Crippen LogP contribution in [0.15, 0.2) is 66.7 Å². The molecule has 0 aliphatic carbocycles. The number of hydrogen-bond donors (Lipinski definition) is 1. The van der Waals surface area contributed by atoms with E-state index in [9.17, 15) is 9.59 Å². The summed E-state index contributed by atoms with van der Waals surface area (Å²) < 4.78 is 0. The Morgan fingerprint density at radius 1 is 0.941 bits per heavy atom. The van der Waals surface area contributed by atoms with E-state index in [1.165, 1.54) is 16.3 Å². The highest BCUT2D eigenvalue weighted by Gasteiger charge is 2.38. The highest BCUT2D eigenvalue weighted by molar-refractivity contribution is 6.30. The van der Waals surface area contributed by atoms with E-state index in [-0.39, 0.29) is 17.4 Å². The SMILES string of the molecule is O=C1CCC(CCC(=O)N2CCN(c3ccc(Cl)cc3)CC2)(Cc2cccc3ccccc23)N1. The number of nitrogens with zero attached hydrogens (tertiary/aromatic N) is 2. The highest BCUT2D eigenvalue weighted by atomic mass is 35.5. The lowest BCUT2D eigenvalue weighted by molar-refractivity contribution is -0.132. The minimum atomic E-state index is -0.359. The van der Waals surface area contributed by atoms with Crippen LogP contribution >= 0.6 is 11.6 Å². The first-order valence-electron chi connectivity index (χ1n) is 12.1. The molecule has 6 heteroatoms. The highest BCUT2D eigenvalue weighted by Crippen LogP contribution is 2.32. The summed E-state index contributed by atoms with van der Waals surface area (Å²) in [5.74, 6) is 0.262. The van der Waals surface area contributed by atoms with Crippen molar-refractivity contribution in [3.8, 4) is 0 Å². The van der Waals surface area contributed by atoms with Crippen molar-refractivity contribution in [3.63, 3.8) is 0 Å². The Balaban J connectivity index is 1.22. The van der Waals surface area contributed by atoms with Crippen LogP contribution in [0.1, 0.15) is 31.2 Å². The molecule has 2 heterocycles. The molecule has 5 nitrogen and oxygen atoms in total. The van der Waals surface area contributed by atoms with Crippen LogP contribution in [0.3, 0.4) is 0 Å². The molecule has 176 valence electrons. The summed E-state index contributed by atoms with van der Waals surface area (Å²) >= 11 is 6.01. The molecule has 3 aromatic carbocycles. The van der Waals surface area contributed by atoms with Crippen LogP contribution in [0.5, 0.6) is 0 Å². The van der Waals surface area contributed by atoms with Gasteiger partial charge in [-0.3, -0.25) is 9.59 Å². The van der Waals surface area contributed by atoms with Gasteiger partial charge in [-0.25, -0.2) is 0 Å². The van der Waals surface area contributed by atoms with Gasteiger partial charge in [0.15, 0.2) is 0 Å². The number of fused-ring (bicyclic) bond motifs is 1. The lowest BCUT2D eigenvalue weighted by Gasteiger charge is -2.37. The maximum atomic E-state index is 13.1. The second kappa shape index (κ2) is 9.67. The van der Waals surface area contributed by atoms with E-state index in [4.69, 9.17) is 11.6 Å². The first-order valence-corrected chi connectivity index (χ1v) is 12.5. The van der Waals surface area contributed by atoms with Gasteiger partial charge in [-0.2, -0.15) is 0 Å². The van der Waals surface area contributed by atoms with Gasteiger partial charge in [-0.05, 0) is 59.9 Å². The van der Waals surface area contributed by atoms with Gasteiger partial charge in [0.1, 0.15) is 0 Å². The standard InChI is InChI=1S/C28H30ClN3O2/c29-23-8-10-24(11-9-23)31-16-18-32(19-17-31)27(34)13-15-28(14-12-26(33)30-28)20-22-6-3-5-21-4-1-2-7-25(21)22/h1-11H,12-20H2,(H,30,33). The van der Waals surface area contributed by atoms with Gasteiger partial charge in [0.2, 0.25) is 11.8 Å². The van der Waals surface area contributed by atoms with Crippen molar-refractivity contribution in [2.75, 3.05) is 31.1 Å². The van der Waals surface area contributed by atoms with Gasteiger partial charge in [0.05, 0.1) is 0 Å². The average Bonchev–Trinajstić information content (AvgIpc) is 3.24. The summed E-state index contributed by atoms with van der Waals surface area (Å²) in [5.41, 5.74) is 2.01. The molecule has 0 aromatic heterocycles. The largest absolute Gasteiger partial charge is 0.368 e. The number of nitrogens with one attached hydrogen (secondary N) is 1. The number of hydrogen-bond acceptors (Lipinski definition) is 3. The van der Waals surface area contributed by atoms with Crippen LogP contribution in [0.4, 0.5) is 5.69 Å². The molecular formula is C28H30ClN3O2. The molecule has 1 unspecified atom stereocenters. The Kier molecular flexibility index (Phi) is 6.46. The molecule has 2 amide bonds. The molecule has 1 atom stereocenters. The third kappa shape index (κ3) is 4.90. The molecule has 2 aliphatic rings. The molecule has 0 saturated carbocycles. The molecule has 3 aromatic rings. The fourth-order valence-electron chi connectivity index (χ4n) is 5.36. The van der Waals surface area contributed by atoms with Gasteiger partial charge in [0, 0.05) is 55.3 Å². The second-order valence-electron chi connectivity index (χ2n) is 9.49. The normalized spacial score (nSPS) is 20.6. The van der Waals surface area contributed by atoms with E-state index in [1.807, 2.05) is 35.2 Å². The summed E-state index contributed by atoms with van der Waals surface area (Å²) in [7, 11) is 0. The van der Waals surface area contributed by atoms with E-state index in [1.54, 1.807) is 0 Å². The Labute approximate surface area is 205 Å². The molecule has 0 spiro atoms. The van der Waals surface area contributed by atoms with Crippen molar-refractivity contribution in [2.24, 2.45) is 0 Å². The van der Waals surface area contributed by atoms with Crippen molar-refractivity contribution < 1.29 is 9.59 Å². The molecule has 2 aliphatic heterocycles. The van der Waals surface area contributed by atoms with Crippen molar-refractivity contribution in [3.05, 3.63) is 77.3 Å². The number of amides is 2. The zero-order chi connectivity index (χ0) is 23.5. The van der Waals surface area contributed by atoms with Crippen molar-refractivity contribution >= 4 is 39.9 Å². The Morgan fingerprint density at radius 3 is 2.41 bits per heavy atom. The Hall–Kier alpha value is -3.05. The van der Waals surface area contributed by atoms with E-state index in [0.29, 0.717) is 32.4 Å². The summed E-state index contributed by atoms with van der Waals surface area (Å²) in [4.78, 5) is 29.6. The summed E-state index contributed by atoms with van der Waals surface area (Å²) in [6.07, 6.45) is 3.16. The van der Waals surface area contributed by atoms with Crippen LogP contribution < -0.4 is 10.2 Å². The van der Waals surface area contributed by atoms with Gasteiger partial charge >= 0.3 is 0 Å². The first-order chi connectivity index (χ1) is 16.5. The van der Waals surface area contributed by atoms with Crippen LogP contribution in [0, 0.1) is 0 Å². The van der Waals surface area contributed by atoms with Crippen molar-refractivity contribution in [1.29, 1.82) is 0 Å². The van der Waals surface area contributed by atoms with Crippen molar-refractivity contribution in [2.45, 2.75) is 37.6 Å². The molecule has 0 radical (unpaired) electrons. The first kappa shape index (κ1) is 22.7. The van der Waals surface area contributed by atoms with Crippen LogP contribution in [-0.2, 0) is 16.0 Å². The van der Waals surface area contributed by atoms with Gasteiger partial charge in [0.25, 0.3) is 0 Å². The summed E-state index contributed by atoms with van der Waals surface area (Å²) in [6.45, 7) is 3.05. The van der Waals surface area contributed by atoms with E-state index in [2.05, 4.69) is 46.6 Å². The number of carbonyl (C=O) groups is 2. The van der Waals surface area contributed by atoms with Gasteiger partial charge in [-0.15, -0.1) is 0 Å². The van der Waals surface area contributed by atoms with Gasteiger partial charge in [-0.1, -0.05) is 54.1 Å². The number of piperazine rings is 1. The third-order valence-corrected chi connectivity index (χ3v) is 7.54. The Bertz CT molecular complexity index is 1180. The minimum Gasteiger partial charge on any atom is -0.368 e. The maximum Gasteiger partial charge on any atom is 0.222 e. The molecule has 0 bridgehead atoms. The zero-order valence-corrected chi connectivity index (χ0v) is 20.1. The molecule has 2 fully saturated rings. The number of rotatable bonds is 6. The third-order valence-electron chi connectivity index (χ3n) is 7.29. The fourth-order valence-corrected chi connectivity index (χ4v) is 5.49. The number of benzene rings is 3. The topological polar surface area (TPSA) is 52.7 Å². The molecular weight excluding hydrogens is 446 g/mol. The average molecular weight is 476 g/mol. The quantitative estimate of drug-likeness (QED) is 0.556. The number of halogens is 1. The van der Waals surface area contributed by atoms with Crippen LogP contribution in [0.2, 0.25) is 5.02 Å². The second-order valence-corrected chi connectivity index (χ2v) is 9.92. The Morgan fingerprint density at radius 2 is 1.68 bits per heavy atom. The molecule has 34 heavy (non-hydrogen) atoms. The van der Waals surface area contributed by atoms with E-state index in [0.717, 1.165) is 36.6 Å². The molecule has 2 saturated heterocycles. The van der Waals surface area contributed by atoms with Crippen LogP contribution in [0.25, 0.3) is 10.8 Å². The molecule has 5 rings (SSSR count). The smallest absolute Gasteiger partial charge is 0.222 e. The van der Waals surface area contributed by atoms with Crippen molar-refractivity contribution in [1.82, 2.24) is 10.2 Å². The maximum absolute atomic E-state index is 13.1. The number of carbonyl (C=O) groups excluding carboxylic acids is 2. The summed E-state index contributed by atoms with van der Waals surface area (Å²) in [6, 6.07) is 22.6. The van der Waals surface area contributed by atoms with E-state index < -0.39 is 0 Å². The molecule has 1 N–H and O–H groups in total. The predicted octanol–water partition coefficient (Wildman–Crippen LogP) is 4.81.